The highest BCUT2D eigenvalue weighted by Crippen LogP contribution is 2.36. The largest absolute Gasteiger partial charge is 0.489 e. The average Bonchev–Trinajstić information content (AvgIpc) is 3.48. The molecule has 6 rings (SSSR count). The molecule has 0 spiro atoms. The van der Waals surface area contributed by atoms with Crippen LogP contribution < -0.4 is 15.4 Å². The van der Waals surface area contributed by atoms with E-state index < -0.39 is 23.7 Å². The van der Waals surface area contributed by atoms with Gasteiger partial charge in [0.05, 0.1) is 13.0 Å². The Bertz CT molecular complexity index is 1500. The maximum Gasteiger partial charge on any atom is 0.255 e. The summed E-state index contributed by atoms with van der Waals surface area (Å²) in [6, 6.07) is 11.1. The summed E-state index contributed by atoms with van der Waals surface area (Å²) in [5.41, 5.74) is 2.55. The molecule has 0 radical (unpaired) electrons. The third-order valence-electron chi connectivity index (χ3n) is 7.82. The molecule has 1 aliphatic carbocycles. The van der Waals surface area contributed by atoms with E-state index in [0.717, 1.165) is 24.1 Å². The Balaban J connectivity index is 1.04. The number of fused-ring (bicyclic) bond motifs is 1. The zero-order chi connectivity index (χ0) is 27.8. The van der Waals surface area contributed by atoms with Crippen molar-refractivity contribution in [3.8, 4) is 5.75 Å². The van der Waals surface area contributed by atoms with Crippen molar-refractivity contribution in [1.82, 2.24) is 20.4 Å². The summed E-state index contributed by atoms with van der Waals surface area (Å²) < 4.78 is 21.1. The van der Waals surface area contributed by atoms with E-state index in [1.165, 1.54) is 17.4 Å². The second kappa shape index (κ2) is 10.6. The van der Waals surface area contributed by atoms with E-state index in [9.17, 15) is 19.2 Å². The van der Waals surface area contributed by atoms with E-state index in [0.29, 0.717) is 17.5 Å². The number of aromatic nitrogens is 2. The molecule has 0 bridgehead atoms. The highest BCUT2D eigenvalue weighted by Gasteiger charge is 2.40. The van der Waals surface area contributed by atoms with E-state index in [1.807, 2.05) is 6.07 Å². The van der Waals surface area contributed by atoms with Gasteiger partial charge in [0.2, 0.25) is 17.7 Å². The van der Waals surface area contributed by atoms with Crippen molar-refractivity contribution < 1.29 is 28.3 Å². The lowest BCUT2D eigenvalue weighted by Gasteiger charge is -2.29. The number of piperidine rings is 1. The van der Waals surface area contributed by atoms with Crippen molar-refractivity contribution in [3.05, 3.63) is 76.2 Å². The van der Waals surface area contributed by atoms with Crippen molar-refractivity contribution in [2.45, 2.75) is 63.6 Å². The number of benzene rings is 2. The van der Waals surface area contributed by atoms with E-state index in [4.69, 9.17) is 4.74 Å². The summed E-state index contributed by atoms with van der Waals surface area (Å²) in [5, 5.41) is 12.2. The molecule has 10 nitrogen and oxygen atoms in total. The number of amides is 4. The minimum atomic E-state index is -0.804. The molecule has 3 heterocycles. The number of hydrogen-bond acceptors (Lipinski definition) is 6. The predicted molar refractivity (Wildman–Crippen MR) is 141 cm³/mol. The molecule has 1 saturated carbocycles. The Morgan fingerprint density at radius 3 is 2.62 bits per heavy atom. The SMILES string of the molecule is O=C1CCC(N2Cc3c(ccc(COc4ccc(CC(=O)Nc5cc(C6CCC6)[nH]n5)cc4)c3F)C2=O)C(=O)N1. The third kappa shape index (κ3) is 5.06. The molecule has 1 unspecified atom stereocenters. The zero-order valence-electron chi connectivity index (χ0n) is 21.7. The van der Waals surface area contributed by atoms with Crippen molar-refractivity contribution in [2.24, 2.45) is 0 Å². The van der Waals surface area contributed by atoms with Crippen molar-refractivity contribution >= 4 is 29.4 Å². The molecule has 4 amide bonds. The fourth-order valence-corrected chi connectivity index (χ4v) is 5.33. The number of ether oxygens (including phenoxy) is 1. The van der Waals surface area contributed by atoms with Crippen LogP contribution in [0, 0.1) is 5.82 Å². The summed E-state index contributed by atoms with van der Waals surface area (Å²) >= 11 is 0. The Morgan fingerprint density at radius 2 is 1.90 bits per heavy atom. The number of halogens is 1. The monoisotopic (exact) mass is 545 g/mol. The quantitative estimate of drug-likeness (QED) is 0.372. The summed E-state index contributed by atoms with van der Waals surface area (Å²) in [7, 11) is 0. The standard InChI is InChI=1S/C29H28FN5O5/c30-27-18(6-9-20-21(27)14-35(29(20)39)23-10-11-25(36)32-28(23)38)15-40-19-7-4-16(5-8-19)12-26(37)31-24-13-22(33-34-24)17-2-1-3-17/h4-9,13,17,23H,1-3,10-12,14-15H2,(H,32,36,38)(H2,31,33,34,37). The summed E-state index contributed by atoms with van der Waals surface area (Å²) in [4.78, 5) is 50.3. The van der Waals surface area contributed by atoms with Gasteiger partial charge in [-0.2, -0.15) is 5.10 Å². The molecular formula is C29H28FN5O5. The van der Waals surface area contributed by atoms with E-state index in [1.54, 1.807) is 30.3 Å². The molecule has 206 valence electrons. The predicted octanol–water partition coefficient (Wildman–Crippen LogP) is 3.34. The van der Waals surface area contributed by atoms with E-state index in [2.05, 4.69) is 20.8 Å². The van der Waals surface area contributed by atoms with Gasteiger partial charge in [0, 0.05) is 40.8 Å². The highest BCUT2D eigenvalue weighted by atomic mass is 19.1. The van der Waals surface area contributed by atoms with Crippen LogP contribution in [-0.4, -0.2) is 44.8 Å². The topological polar surface area (TPSA) is 133 Å². The summed E-state index contributed by atoms with van der Waals surface area (Å²) in [6.45, 7) is -0.106. The number of hydrogen-bond donors (Lipinski definition) is 3. The number of carbonyl (C=O) groups is 4. The van der Waals surface area contributed by atoms with Gasteiger partial charge in [-0.3, -0.25) is 29.6 Å². The molecule has 1 aromatic heterocycles. The lowest BCUT2D eigenvalue weighted by atomic mass is 9.83. The van der Waals surface area contributed by atoms with Gasteiger partial charge in [0.25, 0.3) is 5.91 Å². The first-order valence-electron chi connectivity index (χ1n) is 13.4. The van der Waals surface area contributed by atoms with Gasteiger partial charge in [-0.15, -0.1) is 0 Å². The van der Waals surface area contributed by atoms with Crippen LogP contribution in [0.15, 0.2) is 42.5 Å². The molecule has 1 saturated heterocycles. The highest BCUT2D eigenvalue weighted by molar-refractivity contribution is 6.05. The van der Waals surface area contributed by atoms with Crippen LogP contribution in [0.1, 0.15) is 70.8 Å². The molecule has 2 aromatic carbocycles. The smallest absolute Gasteiger partial charge is 0.255 e. The van der Waals surface area contributed by atoms with E-state index in [-0.39, 0.29) is 60.9 Å². The van der Waals surface area contributed by atoms with Crippen LogP contribution in [0.5, 0.6) is 5.75 Å². The van der Waals surface area contributed by atoms with Gasteiger partial charge in [-0.25, -0.2) is 4.39 Å². The van der Waals surface area contributed by atoms with Gasteiger partial charge in [0.1, 0.15) is 24.2 Å². The molecular weight excluding hydrogens is 517 g/mol. The van der Waals surface area contributed by atoms with Gasteiger partial charge >= 0.3 is 0 Å². The van der Waals surface area contributed by atoms with Crippen molar-refractivity contribution in [2.75, 3.05) is 5.32 Å². The first-order chi connectivity index (χ1) is 19.4. The van der Waals surface area contributed by atoms with Gasteiger partial charge in [0.15, 0.2) is 5.82 Å². The zero-order valence-corrected chi connectivity index (χ0v) is 21.7. The summed E-state index contributed by atoms with van der Waals surface area (Å²) in [6.07, 6.45) is 4.03. The Hall–Kier alpha value is -4.54. The van der Waals surface area contributed by atoms with Gasteiger partial charge in [-0.1, -0.05) is 24.6 Å². The molecule has 2 fully saturated rings. The number of nitrogens with zero attached hydrogens (tertiary/aromatic N) is 2. The number of H-pyrrole nitrogens is 1. The molecule has 3 N–H and O–H groups in total. The maximum absolute atomic E-state index is 15.3. The van der Waals surface area contributed by atoms with Crippen LogP contribution >= 0.6 is 0 Å². The third-order valence-corrected chi connectivity index (χ3v) is 7.82. The number of carbonyl (C=O) groups excluding carboxylic acids is 4. The second-order valence-electron chi connectivity index (χ2n) is 10.5. The molecule has 11 heteroatoms. The van der Waals surface area contributed by atoms with E-state index >= 15 is 4.39 Å². The Morgan fingerprint density at radius 1 is 1.10 bits per heavy atom. The molecule has 40 heavy (non-hydrogen) atoms. The van der Waals surface area contributed by atoms with Crippen LogP contribution in [0.4, 0.5) is 10.2 Å². The van der Waals surface area contributed by atoms with Gasteiger partial charge in [-0.05, 0) is 43.0 Å². The molecule has 3 aliphatic rings. The maximum atomic E-state index is 15.3. The van der Waals surface area contributed by atoms with Crippen LogP contribution in [0.3, 0.4) is 0 Å². The lowest BCUT2D eigenvalue weighted by molar-refractivity contribution is -0.137. The molecule has 3 aromatic rings. The van der Waals surface area contributed by atoms with Crippen molar-refractivity contribution in [3.63, 3.8) is 0 Å². The number of nitrogens with one attached hydrogen (secondary N) is 3. The first-order valence-corrected chi connectivity index (χ1v) is 13.4. The fourth-order valence-electron chi connectivity index (χ4n) is 5.33. The Labute approximate surface area is 229 Å². The van der Waals surface area contributed by atoms with Crippen LogP contribution in [-0.2, 0) is 34.0 Å². The Kier molecular flexibility index (Phi) is 6.79. The molecule has 1 atom stereocenters. The minimum absolute atomic E-state index is 0.0446. The number of imide groups is 1. The average molecular weight is 546 g/mol. The number of anilines is 1. The van der Waals surface area contributed by atoms with Gasteiger partial charge < -0.3 is 15.0 Å². The lowest BCUT2D eigenvalue weighted by Crippen LogP contribution is -2.52. The normalized spacial score (nSPS) is 18.8. The minimum Gasteiger partial charge on any atom is -0.489 e. The van der Waals surface area contributed by atoms with Crippen LogP contribution in [0.25, 0.3) is 0 Å². The number of aromatic amines is 1. The second-order valence-corrected chi connectivity index (χ2v) is 10.5. The number of rotatable bonds is 8. The first kappa shape index (κ1) is 25.7. The fraction of sp³-hybridized carbons (Fsp3) is 0.345. The van der Waals surface area contributed by atoms with Crippen molar-refractivity contribution in [1.29, 1.82) is 0 Å². The summed E-state index contributed by atoms with van der Waals surface area (Å²) in [5.74, 6) is -0.546. The van der Waals surface area contributed by atoms with Crippen LogP contribution in [0.2, 0.25) is 0 Å². The molecule has 2 aliphatic heterocycles.